The van der Waals surface area contributed by atoms with E-state index in [-0.39, 0.29) is 22.5 Å². The Balaban J connectivity index is 1.37. The van der Waals surface area contributed by atoms with Crippen molar-refractivity contribution < 1.29 is 17.9 Å². The molecule has 0 spiro atoms. The van der Waals surface area contributed by atoms with Gasteiger partial charge in [-0.2, -0.15) is 0 Å². The number of carbonyl (C=O) groups excluding carboxylic acids is 1. The van der Waals surface area contributed by atoms with E-state index in [9.17, 15) is 13.2 Å². The van der Waals surface area contributed by atoms with E-state index in [1.807, 2.05) is 25.1 Å². The Kier molecular flexibility index (Phi) is 8.05. The highest BCUT2D eigenvalue weighted by Crippen LogP contribution is 2.23. The first-order chi connectivity index (χ1) is 16.9. The van der Waals surface area contributed by atoms with Crippen LogP contribution >= 0.6 is 0 Å². The molecule has 184 valence electrons. The van der Waals surface area contributed by atoms with E-state index >= 15 is 0 Å². The zero-order chi connectivity index (χ0) is 24.7. The van der Waals surface area contributed by atoms with Crippen molar-refractivity contribution in [2.24, 2.45) is 0 Å². The lowest BCUT2D eigenvalue weighted by atomic mass is 10.0. The number of sulfonamides is 1. The molecule has 1 aliphatic rings. The van der Waals surface area contributed by atoms with Crippen LogP contribution in [0.1, 0.15) is 35.7 Å². The molecule has 1 heterocycles. The Morgan fingerprint density at radius 3 is 2.29 bits per heavy atom. The van der Waals surface area contributed by atoms with E-state index in [0.29, 0.717) is 17.9 Å². The Morgan fingerprint density at radius 2 is 1.60 bits per heavy atom. The highest BCUT2D eigenvalue weighted by Gasteiger charge is 2.23. The van der Waals surface area contributed by atoms with E-state index in [1.54, 1.807) is 36.4 Å². The van der Waals surface area contributed by atoms with Crippen LogP contribution in [0.4, 0.5) is 5.69 Å². The van der Waals surface area contributed by atoms with Crippen LogP contribution in [0.3, 0.4) is 0 Å². The van der Waals surface area contributed by atoms with Gasteiger partial charge in [-0.3, -0.25) is 14.4 Å². The average Bonchev–Trinajstić information content (AvgIpc) is 2.86. The summed E-state index contributed by atoms with van der Waals surface area (Å²) >= 11 is 0. The summed E-state index contributed by atoms with van der Waals surface area (Å²) in [6.45, 7) is 5.05. The van der Waals surface area contributed by atoms with Crippen molar-refractivity contribution in [2.75, 3.05) is 24.4 Å². The Bertz CT molecular complexity index is 1220. The minimum Gasteiger partial charge on any atom is -0.494 e. The van der Waals surface area contributed by atoms with Crippen molar-refractivity contribution in [3.63, 3.8) is 0 Å². The van der Waals surface area contributed by atoms with Crippen LogP contribution in [0, 0.1) is 0 Å². The molecular formula is C27H31N3O4S. The predicted octanol–water partition coefficient (Wildman–Crippen LogP) is 4.28. The standard InChI is InChI=1S/C27H31N3O4S/c1-2-34-23-12-14-24(15-13-23)35(32,33)29-26-11-7-6-10-25(26)27(31)28-22-16-18-30(19-17-22)20-21-8-4-3-5-9-21/h3-15,22,29H,2,16-20H2,1H3,(H,28,31). The summed E-state index contributed by atoms with van der Waals surface area (Å²) in [6.07, 6.45) is 1.69. The molecule has 0 saturated carbocycles. The number of para-hydroxylation sites is 1. The van der Waals surface area contributed by atoms with Gasteiger partial charge in [-0.15, -0.1) is 0 Å². The number of carbonyl (C=O) groups is 1. The summed E-state index contributed by atoms with van der Waals surface area (Å²) in [5.41, 5.74) is 1.83. The number of ether oxygens (including phenoxy) is 1. The van der Waals surface area contributed by atoms with Gasteiger partial charge in [0, 0.05) is 25.7 Å². The molecular weight excluding hydrogens is 462 g/mol. The minimum atomic E-state index is -3.86. The first kappa shape index (κ1) is 24.8. The van der Waals surface area contributed by atoms with Crippen molar-refractivity contribution in [2.45, 2.75) is 37.2 Å². The van der Waals surface area contributed by atoms with Crippen molar-refractivity contribution in [1.29, 1.82) is 0 Å². The Morgan fingerprint density at radius 1 is 0.943 bits per heavy atom. The monoisotopic (exact) mass is 493 g/mol. The summed E-state index contributed by atoms with van der Waals surface area (Å²) in [6, 6.07) is 23.3. The van der Waals surface area contributed by atoms with Crippen LogP contribution in [0.15, 0.2) is 83.8 Å². The highest BCUT2D eigenvalue weighted by molar-refractivity contribution is 7.92. The van der Waals surface area contributed by atoms with Crippen LogP contribution in [-0.2, 0) is 16.6 Å². The summed E-state index contributed by atoms with van der Waals surface area (Å²) in [4.78, 5) is 15.6. The predicted molar refractivity (Wildman–Crippen MR) is 137 cm³/mol. The smallest absolute Gasteiger partial charge is 0.261 e. The zero-order valence-electron chi connectivity index (χ0n) is 19.8. The lowest BCUT2D eigenvalue weighted by Gasteiger charge is -2.32. The molecule has 0 aliphatic carbocycles. The van der Waals surface area contributed by atoms with Gasteiger partial charge in [-0.05, 0) is 61.7 Å². The topological polar surface area (TPSA) is 87.7 Å². The van der Waals surface area contributed by atoms with Gasteiger partial charge in [0.25, 0.3) is 15.9 Å². The van der Waals surface area contributed by atoms with Crippen LogP contribution in [0.25, 0.3) is 0 Å². The Hall–Kier alpha value is -3.36. The second-order valence-corrected chi connectivity index (χ2v) is 10.2. The molecule has 3 aromatic rings. The molecule has 0 unspecified atom stereocenters. The molecule has 1 amide bonds. The lowest BCUT2D eigenvalue weighted by Crippen LogP contribution is -2.44. The molecule has 0 aromatic heterocycles. The fourth-order valence-corrected chi connectivity index (χ4v) is 5.28. The van der Waals surface area contributed by atoms with Gasteiger partial charge in [-0.1, -0.05) is 42.5 Å². The fraction of sp³-hybridized carbons (Fsp3) is 0.296. The molecule has 1 saturated heterocycles. The second kappa shape index (κ2) is 11.4. The van der Waals surface area contributed by atoms with Crippen molar-refractivity contribution in [3.8, 4) is 5.75 Å². The fourth-order valence-electron chi connectivity index (χ4n) is 4.20. The minimum absolute atomic E-state index is 0.0466. The third-order valence-corrected chi connectivity index (χ3v) is 7.41. The number of anilines is 1. The number of likely N-dealkylation sites (tertiary alicyclic amines) is 1. The maximum atomic E-state index is 13.1. The molecule has 0 atom stereocenters. The first-order valence-corrected chi connectivity index (χ1v) is 13.3. The van der Waals surface area contributed by atoms with Crippen LogP contribution < -0.4 is 14.8 Å². The molecule has 1 fully saturated rings. The van der Waals surface area contributed by atoms with Gasteiger partial charge in [0.15, 0.2) is 0 Å². The van der Waals surface area contributed by atoms with E-state index in [1.165, 1.54) is 17.7 Å². The van der Waals surface area contributed by atoms with Crippen LogP contribution in [-0.4, -0.2) is 45.0 Å². The summed E-state index contributed by atoms with van der Waals surface area (Å²) < 4.78 is 33.8. The summed E-state index contributed by atoms with van der Waals surface area (Å²) in [7, 11) is -3.86. The van der Waals surface area contributed by atoms with Gasteiger partial charge in [0.1, 0.15) is 5.75 Å². The number of nitrogens with one attached hydrogen (secondary N) is 2. The largest absolute Gasteiger partial charge is 0.494 e. The van der Waals surface area contributed by atoms with E-state index in [0.717, 1.165) is 32.5 Å². The molecule has 8 heteroatoms. The number of hydrogen-bond donors (Lipinski definition) is 2. The summed E-state index contributed by atoms with van der Waals surface area (Å²) in [5, 5.41) is 3.09. The molecule has 0 radical (unpaired) electrons. The molecule has 35 heavy (non-hydrogen) atoms. The third kappa shape index (κ3) is 6.61. The van der Waals surface area contributed by atoms with Crippen molar-refractivity contribution in [3.05, 3.63) is 90.0 Å². The van der Waals surface area contributed by atoms with Crippen molar-refractivity contribution >= 4 is 21.6 Å². The number of amides is 1. The third-order valence-electron chi connectivity index (χ3n) is 6.03. The van der Waals surface area contributed by atoms with Gasteiger partial charge in [-0.25, -0.2) is 8.42 Å². The van der Waals surface area contributed by atoms with Crippen molar-refractivity contribution in [1.82, 2.24) is 10.2 Å². The quantitative estimate of drug-likeness (QED) is 0.465. The molecule has 1 aliphatic heterocycles. The second-order valence-electron chi connectivity index (χ2n) is 8.56. The molecule has 4 rings (SSSR count). The van der Waals surface area contributed by atoms with E-state index < -0.39 is 10.0 Å². The SMILES string of the molecule is CCOc1ccc(S(=O)(=O)Nc2ccccc2C(=O)NC2CCN(Cc3ccccc3)CC2)cc1. The Labute approximate surface area is 207 Å². The normalized spacial score (nSPS) is 14.9. The highest BCUT2D eigenvalue weighted by atomic mass is 32.2. The number of nitrogens with zero attached hydrogens (tertiary/aromatic N) is 1. The molecule has 3 aromatic carbocycles. The molecule has 2 N–H and O–H groups in total. The average molecular weight is 494 g/mol. The summed E-state index contributed by atoms with van der Waals surface area (Å²) in [5.74, 6) is 0.317. The number of rotatable bonds is 9. The molecule has 0 bridgehead atoms. The number of piperidine rings is 1. The number of benzene rings is 3. The number of hydrogen-bond acceptors (Lipinski definition) is 5. The first-order valence-electron chi connectivity index (χ1n) is 11.9. The van der Waals surface area contributed by atoms with Crippen LogP contribution in [0.5, 0.6) is 5.75 Å². The molecule has 7 nitrogen and oxygen atoms in total. The zero-order valence-corrected chi connectivity index (χ0v) is 20.6. The van der Waals surface area contributed by atoms with E-state index in [4.69, 9.17) is 4.74 Å². The van der Waals surface area contributed by atoms with Gasteiger partial charge >= 0.3 is 0 Å². The van der Waals surface area contributed by atoms with Gasteiger partial charge in [0.05, 0.1) is 22.8 Å². The van der Waals surface area contributed by atoms with Crippen LogP contribution in [0.2, 0.25) is 0 Å². The van der Waals surface area contributed by atoms with Gasteiger partial charge < -0.3 is 10.1 Å². The lowest BCUT2D eigenvalue weighted by molar-refractivity contribution is 0.0910. The maximum Gasteiger partial charge on any atom is 0.261 e. The van der Waals surface area contributed by atoms with Gasteiger partial charge in [0.2, 0.25) is 0 Å². The maximum absolute atomic E-state index is 13.1. The van der Waals surface area contributed by atoms with E-state index in [2.05, 4.69) is 27.1 Å².